The Kier molecular flexibility index (Phi) is 3.97. The van der Waals surface area contributed by atoms with Crippen molar-refractivity contribution in [2.45, 2.75) is 32.7 Å². The third kappa shape index (κ3) is 2.92. The molecule has 0 spiro atoms. The van der Waals surface area contributed by atoms with E-state index in [2.05, 4.69) is 12.2 Å². The molecular weight excluding hydrogens is 256 g/mol. The predicted molar refractivity (Wildman–Crippen MR) is 75.6 cm³/mol. The van der Waals surface area contributed by atoms with Crippen LogP contribution in [-0.2, 0) is 11.2 Å². The van der Waals surface area contributed by atoms with Crippen LogP contribution in [0.3, 0.4) is 0 Å². The highest BCUT2D eigenvalue weighted by molar-refractivity contribution is 6.06. The number of ether oxygens (including phenoxy) is 1. The van der Waals surface area contributed by atoms with Crippen LogP contribution >= 0.6 is 0 Å². The molecule has 1 saturated heterocycles. The van der Waals surface area contributed by atoms with Crippen molar-refractivity contribution in [3.8, 4) is 5.75 Å². The summed E-state index contributed by atoms with van der Waals surface area (Å²) in [6.07, 6.45) is 0.943. The molecule has 0 radical (unpaired) electrons. The van der Waals surface area contributed by atoms with Crippen molar-refractivity contribution in [1.82, 2.24) is 10.2 Å². The lowest BCUT2D eigenvalue weighted by molar-refractivity contribution is -0.130. The van der Waals surface area contributed by atoms with Crippen LogP contribution in [0.5, 0.6) is 5.75 Å². The minimum Gasteiger partial charge on any atom is -0.492 e. The van der Waals surface area contributed by atoms with Crippen molar-refractivity contribution in [3.63, 3.8) is 0 Å². The molecular formula is C15H20N2O3. The van der Waals surface area contributed by atoms with Crippen LogP contribution in [-0.4, -0.2) is 35.5 Å². The van der Waals surface area contributed by atoms with E-state index < -0.39 is 5.54 Å². The molecule has 1 fully saturated rings. The second kappa shape index (κ2) is 5.53. The highest BCUT2D eigenvalue weighted by atomic mass is 16.5. The van der Waals surface area contributed by atoms with Crippen molar-refractivity contribution in [2.75, 3.05) is 13.2 Å². The summed E-state index contributed by atoms with van der Waals surface area (Å²) in [5, 5.41) is 2.64. The lowest BCUT2D eigenvalue weighted by Crippen LogP contribution is -2.40. The minimum absolute atomic E-state index is 0.214. The molecule has 1 aromatic carbocycles. The van der Waals surface area contributed by atoms with E-state index in [1.165, 1.54) is 10.5 Å². The van der Waals surface area contributed by atoms with Crippen molar-refractivity contribution in [2.24, 2.45) is 0 Å². The molecule has 1 heterocycles. The normalized spacial score (nSPS) is 17.2. The van der Waals surface area contributed by atoms with E-state index in [1.54, 1.807) is 13.8 Å². The van der Waals surface area contributed by atoms with Gasteiger partial charge in [0, 0.05) is 0 Å². The van der Waals surface area contributed by atoms with Crippen LogP contribution in [0.1, 0.15) is 26.3 Å². The average Bonchev–Trinajstić information content (AvgIpc) is 2.61. The highest BCUT2D eigenvalue weighted by Crippen LogP contribution is 2.17. The van der Waals surface area contributed by atoms with Gasteiger partial charge in [-0.05, 0) is 38.0 Å². The fourth-order valence-electron chi connectivity index (χ4n) is 2.13. The number of nitrogens with one attached hydrogen (secondary N) is 1. The number of rotatable bonds is 5. The number of benzene rings is 1. The van der Waals surface area contributed by atoms with Gasteiger partial charge < -0.3 is 10.1 Å². The first kappa shape index (κ1) is 14.4. The summed E-state index contributed by atoms with van der Waals surface area (Å²) in [5.41, 5.74) is 0.373. The highest BCUT2D eigenvalue weighted by Gasteiger charge is 2.43. The molecule has 108 valence electrons. The van der Waals surface area contributed by atoms with Gasteiger partial charge in [-0.15, -0.1) is 0 Å². The van der Waals surface area contributed by atoms with Crippen LogP contribution < -0.4 is 10.1 Å². The first-order valence-electron chi connectivity index (χ1n) is 6.80. The second-order valence-corrected chi connectivity index (χ2v) is 5.36. The fourth-order valence-corrected chi connectivity index (χ4v) is 2.13. The standard InChI is InChI=1S/C15H20N2O3/c1-4-11-6-5-7-12(10-11)20-9-8-17-13(18)15(2,3)16-14(17)19/h5-7,10H,4,8-9H2,1-3H3,(H,16,19). The summed E-state index contributed by atoms with van der Waals surface area (Å²) in [6.45, 7) is 6.01. The molecule has 5 nitrogen and oxygen atoms in total. The molecule has 20 heavy (non-hydrogen) atoms. The van der Waals surface area contributed by atoms with E-state index in [0.29, 0.717) is 6.61 Å². The molecule has 2 rings (SSSR count). The molecule has 0 aromatic heterocycles. The first-order valence-corrected chi connectivity index (χ1v) is 6.80. The summed E-state index contributed by atoms with van der Waals surface area (Å²) in [7, 11) is 0. The number of amides is 3. The van der Waals surface area contributed by atoms with E-state index >= 15 is 0 Å². The fraction of sp³-hybridized carbons (Fsp3) is 0.467. The van der Waals surface area contributed by atoms with Crippen molar-refractivity contribution >= 4 is 11.9 Å². The molecule has 1 aromatic rings. The van der Waals surface area contributed by atoms with E-state index in [-0.39, 0.29) is 18.5 Å². The first-order chi connectivity index (χ1) is 9.44. The van der Waals surface area contributed by atoms with Crippen LogP contribution in [0, 0.1) is 0 Å². The number of urea groups is 1. The lowest BCUT2D eigenvalue weighted by atomic mass is 10.1. The van der Waals surface area contributed by atoms with Crippen LogP contribution in [0.4, 0.5) is 4.79 Å². The van der Waals surface area contributed by atoms with Crippen LogP contribution in [0.2, 0.25) is 0 Å². The second-order valence-electron chi connectivity index (χ2n) is 5.36. The number of hydrogen-bond donors (Lipinski definition) is 1. The maximum Gasteiger partial charge on any atom is 0.325 e. The van der Waals surface area contributed by atoms with E-state index in [4.69, 9.17) is 4.74 Å². The third-order valence-corrected chi connectivity index (χ3v) is 3.33. The molecule has 1 N–H and O–H groups in total. The van der Waals surface area contributed by atoms with Gasteiger partial charge in [0.15, 0.2) is 0 Å². The quantitative estimate of drug-likeness (QED) is 0.836. The monoisotopic (exact) mass is 276 g/mol. The Balaban J connectivity index is 1.90. The number of carbonyl (C=O) groups excluding carboxylic acids is 2. The zero-order valence-electron chi connectivity index (χ0n) is 12.1. The summed E-state index contributed by atoms with van der Waals surface area (Å²) in [4.78, 5) is 24.8. The summed E-state index contributed by atoms with van der Waals surface area (Å²) < 4.78 is 5.60. The summed E-state index contributed by atoms with van der Waals surface area (Å²) in [6, 6.07) is 7.45. The van der Waals surface area contributed by atoms with E-state index in [9.17, 15) is 9.59 Å². The Labute approximate surface area is 118 Å². The molecule has 0 saturated carbocycles. The maximum absolute atomic E-state index is 12.0. The molecule has 1 aliphatic rings. The number of imide groups is 1. The number of aryl methyl sites for hydroxylation is 1. The zero-order chi connectivity index (χ0) is 14.8. The Bertz CT molecular complexity index is 526. The van der Waals surface area contributed by atoms with Crippen LogP contribution in [0.25, 0.3) is 0 Å². The molecule has 0 bridgehead atoms. The van der Waals surface area contributed by atoms with Gasteiger partial charge in [-0.2, -0.15) is 0 Å². The summed E-state index contributed by atoms with van der Waals surface area (Å²) in [5.74, 6) is 0.545. The van der Waals surface area contributed by atoms with Crippen molar-refractivity contribution in [3.05, 3.63) is 29.8 Å². The smallest absolute Gasteiger partial charge is 0.325 e. The molecule has 1 aliphatic heterocycles. The van der Waals surface area contributed by atoms with Gasteiger partial charge in [-0.25, -0.2) is 4.79 Å². The largest absolute Gasteiger partial charge is 0.492 e. The number of carbonyl (C=O) groups is 2. The van der Waals surface area contributed by atoms with Gasteiger partial charge in [0.05, 0.1) is 6.54 Å². The lowest BCUT2D eigenvalue weighted by Gasteiger charge is -2.16. The molecule has 0 unspecified atom stereocenters. The van der Waals surface area contributed by atoms with Gasteiger partial charge in [-0.1, -0.05) is 19.1 Å². The number of hydrogen-bond acceptors (Lipinski definition) is 3. The van der Waals surface area contributed by atoms with Gasteiger partial charge in [0.2, 0.25) is 0 Å². The third-order valence-electron chi connectivity index (χ3n) is 3.33. The minimum atomic E-state index is -0.820. The van der Waals surface area contributed by atoms with Gasteiger partial charge in [0.1, 0.15) is 17.9 Å². The Morgan fingerprint density at radius 3 is 2.65 bits per heavy atom. The van der Waals surface area contributed by atoms with Gasteiger partial charge in [-0.3, -0.25) is 9.69 Å². The van der Waals surface area contributed by atoms with Crippen molar-refractivity contribution < 1.29 is 14.3 Å². The Morgan fingerprint density at radius 2 is 2.05 bits per heavy atom. The van der Waals surface area contributed by atoms with Gasteiger partial charge >= 0.3 is 6.03 Å². The van der Waals surface area contributed by atoms with Crippen LogP contribution in [0.15, 0.2) is 24.3 Å². The topological polar surface area (TPSA) is 58.6 Å². The summed E-state index contributed by atoms with van der Waals surface area (Å²) >= 11 is 0. The molecule has 0 atom stereocenters. The van der Waals surface area contributed by atoms with E-state index in [0.717, 1.165) is 12.2 Å². The average molecular weight is 276 g/mol. The number of nitrogens with zero attached hydrogens (tertiary/aromatic N) is 1. The Hall–Kier alpha value is -2.04. The predicted octanol–water partition coefficient (Wildman–Crippen LogP) is 1.96. The van der Waals surface area contributed by atoms with Gasteiger partial charge in [0.25, 0.3) is 5.91 Å². The SMILES string of the molecule is CCc1cccc(OCCN2C(=O)NC(C)(C)C2=O)c1. The molecule has 3 amide bonds. The Morgan fingerprint density at radius 1 is 1.30 bits per heavy atom. The molecule has 5 heteroatoms. The van der Waals surface area contributed by atoms with E-state index in [1.807, 2.05) is 24.3 Å². The zero-order valence-corrected chi connectivity index (χ0v) is 12.1. The molecule has 0 aliphatic carbocycles. The maximum atomic E-state index is 12.0. The van der Waals surface area contributed by atoms with Crippen molar-refractivity contribution in [1.29, 1.82) is 0 Å².